The van der Waals surface area contributed by atoms with E-state index in [0.29, 0.717) is 12.5 Å². The van der Waals surface area contributed by atoms with Crippen LogP contribution in [-0.2, 0) is 16.1 Å². The van der Waals surface area contributed by atoms with Gasteiger partial charge in [0.15, 0.2) is 0 Å². The number of amides is 2. The Labute approximate surface area is 163 Å². The lowest BCUT2D eigenvalue weighted by atomic mass is 9.94. The van der Waals surface area contributed by atoms with Crippen LogP contribution < -0.4 is 10.2 Å². The fourth-order valence-corrected chi connectivity index (χ4v) is 3.33. The van der Waals surface area contributed by atoms with Crippen LogP contribution in [0.1, 0.15) is 52.0 Å². The molecule has 27 heavy (non-hydrogen) atoms. The molecule has 1 aromatic rings. The third kappa shape index (κ3) is 5.24. The minimum atomic E-state index is -0.398. The standard InChI is InChI=1S/C22H33N3O2/c1-22(2,3)21(27)25(13-15-6-7-15)14-17-12-18(10-11-19(17)24(4)5)23-20(26)16-8-9-16/h10-12,15-16H,6-9,13-14H2,1-5H3,(H,23,26). The van der Waals surface area contributed by atoms with Gasteiger partial charge in [-0.3, -0.25) is 9.59 Å². The van der Waals surface area contributed by atoms with Crippen LogP contribution in [0.2, 0.25) is 0 Å². The van der Waals surface area contributed by atoms with E-state index in [2.05, 4.69) is 10.2 Å². The van der Waals surface area contributed by atoms with Gasteiger partial charge >= 0.3 is 0 Å². The molecule has 0 unspecified atom stereocenters. The van der Waals surface area contributed by atoms with Gasteiger partial charge in [0.25, 0.3) is 0 Å². The summed E-state index contributed by atoms with van der Waals surface area (Å²) >= 11 is 0. The quantitative estimate of drug-likeness (QED) is 0.791. The fourth-order valence-electron chi connectivity index (χ4n) is 3.33. The Bertz CT molecular complexity index is 713. The first-order chi connectivity index (χ1) is 12.6. The molecule has 0 radical (unpaired) electrons. The van der Waals surface area contributed by atoms with Gasteiger partial charge in [0, 0.05) is 49.9 Å². The molecule has 0 bridgehead atoms. The van der Waals surface area contributed by atoms with E-state index in [9.17, 15) is 9.59 Å². The van der Waals surface area contributed by atoms with Gasteiger partial charge in [0.1, 0.15) is 0 Å². The van der Waals surface area contributed by atoms with Crippen LogP contribution in [0.5, 0.6) is 0 Å². The molecule has 148 valence electrons. The largest absolute Gasteiger partial charge is 0.377 e. The van der Waals surface area contributed by atoms with Crippen molar-refractivity contribution in [1.29, 1.82) is 0 Å². The van der Waals surface area contributed by atoms with E-state index in [1.165, 1.54) is 12.8 Å². The normalized spacial score (nSPS) is 16.8. The minimum Gasteiger partial charge on any atom is -0.377 e. The van der Waals surface area contributed by atoms with Crippen LogP contribution in [-0.4, -0.2) is 37.4 Å². The summed E-state index contributed by atoms with van der Waals surface area (Å²) < 4.78 is 0. The van der Waals surface area contributed by atoms with Crippen molar-refractivity contribution in [3.63, 3.8) is 0 Å². The second-order valence-electron chi connectivity index (χ2n) is 9.38. The van der Waals surface area contributed by atoms with Crippen LogP contribution in [0.3, 0.4) is 0 Å². The zero-order valence-corrected chi connectivity index (χ0v) is 17.3. The maximum absolute atomic E-state index is 13.0. The molecular formula is C22H33N3O2. The molecular weight excluding hydrogens is 338 g/mol. The summed E-state index contributed by atoms with van der Waals surface area (Å²) in [7, 11) is 4.02. The number of carbonyl (C=O) groups is 2. The van der Waals surface area contributed by atoms with Crippen molar-refractivity contribution < 1.29 is 9.59 Å². The average molecular weight is 372 g/mol. The lowest BCUT2D eigenvalue weighted by molar-refractivity contribution is -0.140. The molecule has 0 heterocycles. The maximum Gasteiger partial charge on any atom is 0.228 e. The van der Waals surface area contributed by atoms with Crippen molar-refractivity contribution in [2.24, 2.45) is 17.3 Å². The summed E-state index contributed by atoms with van der Waals surface area (Å²) in [6.07, 6.45) is 4.41. The molecule has 0 spiro atoms. The van der Waals surface area contributed by atoms with Gasteiger partial charge in [0.05, 0.1) is 0 Å². The van der Waals surface area contributed by atoms with Crippen molar-refractivity contribution in [3.8, 4) is 0 Å². The summed E-state index contributed by atoms with van der Waals surface area (Å²) in [5.74, 6) is 1.11. The van der Waals surface area contributed by atoms with E-state index in [-0.39, 0.29) is 17.7 Å². The Morgan fingerprint density at radius 2 is 1.78 bits per heavy atom. The maximum atomic E-state index is 13.0. The number of nitrogens with one attached hydrogen (secondary N) is 1. The summed E-state index contributed by atoms with van der Waals surface area (Å²) in [5, 5.41) is 3.04. The van der Waals surface area contributed by atoms with Gasteiger partial charge in [-0.25, -0.2) is 0 Å². The molecule has 1 aromatic carbocycles. The lowest BCUT2D eigenvalue weighted by Crippen LogP contribution is -2.40. The Morgan fingerprint density at radius 1 is 1.11 bits per heavy atom. The highest BCUT2D eigenvalue weighted by Crippen LogP contribution is 2.34. The molecule has 3 rings (SSSR count). The second-order valence-corrected chi connectivity index (χ2v) is 9.38. The number of benzene rings is 1. The summed E-state index contributed by atoms with van der Waals surface area (Å²) in [6, 6.07) is 6.02. The van der Waals surface area contributed by atoms with Gasteiger partial charge in [0.2, 0.25) is 11.8 Å². The fraction of sp³-hybridized carbons (Fsp3) is 0.636. The van der Waals surface area contributed by atoms with Gasteiger partial charge in [-0.15, -0.1) is 0 Å². The Morgan fingerprint density at radius 3 is 2.30 bits per heavy atom. The molecule has 2 amide bonds. The van der Waals surface area contributed by atoms with Gasteiger partial charge in [-0.2, -0.15) is 0 Å². The van der Waals surface area contributed by atoms with Gasteiger partial charge in [-0.1, -0.05) is 20.8 Å². The molecule has 0 aliphatic heterocycles. The van der Waals surface area contributed by atoms with E-state index in [1.54, 1.807) is 0 Å². The number of rotatable bonds is 7. The molecule has 2 saturated carbocycles. The van der Waals surface area contributed by atoms with Crippen LogP contribution in [0.15, 0.2) is 18.2 Å². The third-order valence-corrected chi connectivity index (χ3v) is 5.24. The van der Waals surface area contributed by atoms with Crippen molar-refractivity contribution in [3.05, 3.63) is 23.8 Å². The van der Waals surface area contributed by atoms with E-state index in [1.807, 2.05) is 58.0 Å². The van der Waals surface area contributed by atoms with Crippen molar-refractivity contribution >= 4 is 23.2 Å². The van der Waals surface area contributed by atoms with Gasteiger partial charge < -0.3 is 15.1 Å². The lowest BCUT2D eigenvalue weighted by Gasteiger charge is -2.31. The number of hydrogen-bond donors (Lipinski definition) is 1. The molecule has 0 saturated heterocycles. The first-order valence-electron chi connectivity index (χ1n) is 10.1. The summed E-state index contributed by atoms with van der Waals surface area (Å²) in [6.45, 7) is 7.34. The Balaban J connectivity index is 1.83. The first-order valence-corrected chi connectivity index (χ1v) is 10.1. The Kier molecular flexibility index (Phi) is 5.50. The van der Waals surface area contributed by atoms with Crippen LogP contribution in [0.25, 0.3) is 0 Å². The molecule has 5 nitrogen and oxygen atoms in total. The highest BCUT2D eigenvalue weighted by atomic mass is 16.2. The predicted octanol–water partition coefficient (Wildman–Crippen LogP) is 3.89. The first kappa shape index (κ1) is 19.7. The van der Waals surface area contributed by atoms with E-state index in [0.717, 1.165) is 36.3 Å². The second kappa shape index (κ2) is 7.53. The number of hydrogen-bond acceptors (Lipinski definition) is 3. The zero-order valence-electron chi connectivity index (χ0n) is 17.3. The van der Waals surface area contributed by atoms with Crippen molar-refractivity contribution in [1.82, 2.24) is 4.90 Å². The molecule has 2 fully saturated rings. The highest BCUT2D eigenvalue weighted by Gasteiger charge is 2.33. The predicted molar refractivity (Wildman–Crippen MR) is 110 cm³/mol. The smallest absolute Gasteiger partial charge is 0.228 e. The molecule has 0 atom stereocenters. The SMILES string of the molecule is CN(C)c1ccc(NC(=O)C2CC2)cc1CN(CC1CC1)C(=O)C(C)(C)C. The van der Waals surface area contributed by atoms with Crippen molar-refractivity contribution in [2.45, 2.75) is 53.0 Å². The Hall–Kier alpha value is -2.04. The zero-order chi connectivity index (χ0) is 19.8. The monoisotopic (exact) mass is 371 g/mol. The number of nitrogens with zero attached hydrogens (tertiary/aromatic N) is 2. The van der Waals surface area contributed by atoms with Gasteiger partial charge in [-0.05, 0) is 55.4 Å². The number of carbonyl (C=O) groups excluding carboxylic acids is 2. The van der Waals surface area contributed by atoms with Crippen LogP contribution in [0, 0.1) is 17.3 Å². The van der Waals surface area contributed by atoms with E-state index >= 15 is 0 Å². The summed E-state index contributed by atoms with van der Waals surface area (Å²) in [5.41, 5.74) is 2.58. The minimum absolute atomic E-state index is 0.110. The van der Waals surface area contributed by atoms with E-state index in [4.69, 9.17) is 0 Å². The van der Waals surface area contributed by atoms with Crippen molar-refractivity contribution in [2.75, 3.05) is 30.9 Å². The third-order valence-electron chi connectivity index (χ3n) is 5.24. The molecule has 0 aromatic heterocycles. The van der Waals surface area contributed by atoms with E-state index < -0.39 is 5.41 Å². The number of anilines is 2. The topological polar surface area (TPSA) is 52.7 Å². The molecule has 5 heteroatoms. The van der Waals surface area contributed by atoms with Crippen LogP contribution in [0.4, 0.5) is 11.4 Å². The highest BCUT2D eigenvalue weighted by molar-refractivity contribution is 5.94. The molecule has 2 aliphatic rings. The van der Waals surface area contributed by atoms with Crippen LogP contribution >= 0.6 is 0 Å². The average Bonchev–Trinajstić information content (AvgIpc) is 3.45. The summed E-state index contributed by atoms with van der Waals surface area (Å²) in [4.78, 5) is 29.2. The molecule has 2 aliphatic carbocycles. The molecule has 1 N–H and O–H groups in total.